The van der Waals surface area contributed by atoms with Crippen LogP contribution in [0.4, 0.5) is 0 Å². The maximum Gasteiger partial charge on any atom is 0.322 e. The first-order chi connectivity index (χ1) is 6.56. The van der Waals surface area contributed by atoms with Crippen LogP contribution < -0.4 is 4.83 Å². The number of nitrogens with zero attached hydrogens (tertiary/aromatic N) is 1. The monoisotopic (exact) mass is 260 g/mol. The molecule has 0 spiro atoms. The fraction of sp³-hybridized carbons (Fsp3) is 0.800. The summed E-state index contributed by atoms with van der Waals surface area (Å²) in [7, 11) is -6.57. The topological polar surface area (TPSA) is 110 Å². The molecule has 10 heteroatoms. The van der Waals surface area contributed by atoms with Crippen molar-refractivity contribution < 1.29 is 26.4 Å². The quantitative estimate of drug-likeness (QED) is 0.447. The number of hydrazine groups is 1. The van der Waals surface area contributed by atoms with Gasteiger partial charge in [0.2, 0.25) is 20.0 Å². The summed E-state index contributed by atoms with van der Waals surface area (Å²) >= 11 is 0. The second-order valence-corrected chi connectivity index (χ2v) is 6.34. The van der Waals surface area contributed by atoms with Gasteiger partial charge in [0.25, 0.3) is 0 Å². The van der Waals surface area contributed by atoms with Crippen molar-refractivity contribution in [3.05, 3.63) is 0 Å². The van der Waals surface area contributed by atoms with Gasteiger partial charge in [0.15, 0.2) is 0 Å². The number of carbonyl (C=O) groups excluding carboxylic acids is 1. The van der Waals surface area contributed by atoms with Crippen molar-refractivity contribution in [3.8, 4) is 0 Å². The molecular weight excluding hydrogens is 248 g/mol. The second kappa shape index (κ2) is 4.88. The minimum Gasteiger partial charge on any atom is -0.468 e. The maximum absolute atomic E-state index is 11.1. The minimum atomic E-state index is -3.86. The Morgan fingerprint density at radius 3 is 2.00 bits per heavy atom. The number of methoxy groups -OCH3 is 1. The van der Waals surface area contributed by atoms with E-state index < -0.39 is 32.6 Å². The lowest BCUT2D eigenvalue weighted by molar-refractivity contribution is -0.141. The van der Waals surface area contributed by atoms with Crippen molar-refractivity contribution >= 4 is 26.0 Å². The summed E-state index contributed by atoms with van der Waals surface area (Å²) < 4.78 is 48.2. The molecule has 8 nitrogen and oxygen atoms in total. The molecule has 0 aromatic carbocycles. The van der Waals surface area contributed by atoms with Crippen molar-refractivity contribution in [2.45, 2.75) is 0 Å². The fourth-order valence-corrected chi connectivity index (χ4v) is 2.31. The van der Waals surface area contributed by atoms with Crippen molar-refractivity contribution in [1.82, 2.24) is 9.25 Å². The lowest BCUT2D eigenvalue weighted by Gasteiger charge is -2.17. The third-order valence-electron chi connectivity index (χ3n) is 1.17. The molecule has 0 amide bonds. The molecule has 0 aliphatic heterocycles. The van der Waals surface area contributed by atoms with E-state index in [-0.39, 0.29) is 4.41 Å². The van der Waals surface area contributed by atoms with Gasteiger partial charge in [0.1, 0.15) is 6.54 Å². The lowest BCUT2D eigenvalue weighted by atomic mass is 10.7. The molecule has 0 aromatic rings. The predicted octanol–water partition coefficient (Wildman–Crippen LogP) is -2.11. The first kappa shape index (κ1) is 14.3. The first-order valence-electron chi connectivity index (χ1n) is 3.58. The number of hydrogen-bond donors (Lipinski definition) is 1. The normalized spacial score (nSPS) is 12.8. The highest BCUT2D eigenvalue weighted by molar-refractivity contribution is 7.91. The summed E-state index contributed by atoms with van der Waals surface area (Å²) in [6.07, 6.45) is 1.52. The van der Waals surface area contributed by atoms with Crippen LogP contribution in [0.25, 0.3) is 0 Å². The number of ether oxygens (including phenoxy) is 1. The van der Waals surface area contributed by atoms with E-state index in [1.54, 1.807) is 4.83 Å². The summed E-state index contributed by atoms with van der Waals surface area (Å²) in [5, 5.41) is 0. The Hall–Kier alpha value is -0.710. The molecule has 15 heavy (non-hydrogen) atoms. The molecule has 90 valence electrons. The number of carbonyl (C=O) groups is 1. The molecule has 0 fully saturated rings. The van der Waals surface area contributed by atoms with Crippen LogP contribution in [0.5, 0.6) is 0 Å². The zero-order chi connectivity index (χ0) is 12.3. The Bertz CT molecular complexity index is 424. The lowest BCUT2D eigenvalue weighted by Crippen LogP contribution is -2.47. The van der Waals surface area contributed by atoms with Gasteiger partial charge in [-0.3, -0.25) is 4.79 Å². The second-order valence-electron chi connectivity index (χ2n) is 2.71. The third-order valence-corrected chi connectivity index (χ3v) is 2.86. The summed E-state index contributed by atoms with van der Waals surface area (Å²) in [5.74, 6) is -0.878. The van der Waals surface area contributed by atoms with Crippen molar-refractivity contribution in [2.75, 3.05) is 26.2 Å². The van der Waals surface area contributed by atoms with Gasteiger partial charge in [0, 0.05) is 0 Å². The van der Waals surface area contributed by atoms with Gasteiger partial charge in [0.05, 0.1) is 19.6 Å². The summed E-state index contributed by atoms with van der Waals surface area (Å²) in [6, 6.07) is 0. The number of esters is 1. The SMILES string of the molecule is COC(=O)CN(NS(C)(=O)=O)S(C)(=O)=O. The van der Waals surface area contributed by atoms with Crippen LogP contribution in [-0.4, -0.2) is 53.4 Å². The van der Waals surface area contributed by atoms with E-state index in [0.717, 1.165) is 19.6 Å². The Kier molecular flexibility index (Phi) is 4.65. The van der Waals surface area contributed by atoms with Crippen molar-refractivity contribution in [3.63, 3.8) is 0 Å². The number of sulfonamides is 2. The van der Waals surface area contributed by atoms with Gasteiger partial charge in [-0.1, -0.05) is 0 Å². The maximum atomic E-state index is 11.1. The van der Waals surface area contributed by atoms with Gasteiger partial charge in [-0.2, -0.15) is 0 Å². The minimum absolute atomic E-state index is 0.286. The summed E-state index contributed by atoms with van der Waals surface area (Å²) in [6.45, 7) is -0.720. The molecule has 0 rings (SSSR count). The molecule has 0 aliphatic rings. The van der Waals surface area contributed by atoms with Gasteiger partial charge in [-0.05, 0) is 0 Å². The van der Waals surface area contributed by atoms with Crippen molar-refractivity contribution in [2.24, 2.45) is 0 Å². The fourth-order valence-electron chi connectivity index (χ4n) is 0.584. The highest BCUT2D eigenvalue weighted by Crippen LogP contribution is 1.95. The molecule has 0 bridgehead atoms. The van der Waals surface area contributed by atoms with Gasteiger partial charge < -0.3 is 4.74 Å². The van der Waals surface area contributed by atoms with Crippen LogP contribution in [0, 0.1) is 0 Å². The van der Waals surface area contributed by atoms with E-state index in [4.69, 9.17) is 0 Å². The zero-order valence-electron chi connectivity index (χ0n) is 8.42. The molecule has 0 atom stereocenters. The molecule has 0 unspecified atom stereocenters. The average Bonchev–Trinajstić information content (AvgIpc) is 1.98. The van der Waals surface area contributed by atoms with E-state index in [2.05, 4.69) is 4.74 Å². The van der Waals surface area contributed by atoms with Crippen LogP contribution in [0.15, 0.2) is 0 Å². The highest BCUT2D eigenvalue weighted by Gasteiger charge is 2.23. The molecule has 0 heterocycles. The molecule has 0 aromatic heterocycles. The zero-order valence-corrected chi connectivity index (χ0v) is 10.1. The Labute approximate surface area is 88.3 Å². The number of hydrogen-bond acceptors (Lipinski definition) is 6. The van der Waals surface area contributed by atoms with E-state index in [9.17, 15) is 21.6 Å². The Balaban J connectivity index is 4.85. The van der Waals surface area contributed by atoms with E-state index in [0.29, 0.717) is 0 Å². The third kappa shape index (κ3) is 6.38. The van der Waals surface area contributed by atoms with E-state index in [1.165, 1.54) is 0 Å². The molecule has 0 saturated heterocycles. The number of rotatable bonds is 5. The van der Waals surface area contributed by atoms with Crippen LogP contribution >= 0.6 is 0 Å². The average molecular weight is 260 g/mol. The van der Waals surface area contributed by atoms with Gasteiger partial charge in [-0.25, -0.2) is 16.8 Å². The van der Waals surface area contributed by atoms with Crippen LogP contribution in [0.3, 0.4) is 0 Å². The largest absolute Gasteiger partial charge is 0.468 e. The van der Waals surface area contributed by atoms with E-state index >= 15 is 0 Å². The van der Waals surface area contributed by atoms with E-state index in [1.807, 2.05) is 0 Å². The van der Waals surface area contributed by atoms with Gasteiger partial charge >= 0.3 is 5.97 Å². The summed E-state index contributed by atoms with van der Waals surface area (Å²) in [5.41, 5.74) is 0. The number of nitrogens with one attached hydrogen (secondary N) is 1. The summed E-state index contributed by atoms with van der Waals surface area (Å²) in [4.78, 5) is 12.5. The molecular formula is C5H12N2O6S2. The molecule has 0 aliphatic carbocycles. The van der Waals surface area contributed by atoms with Crippen LogP contribution in [-0.2, 0) is 29.6 Å². The van der Waals surface area contributed by atoms with Crippen molar-refractivity contribution in [1.29, 1.82) is 0 Å². The van der Waals surface area contributed by atoms with Gasteiger partial charge in [-0.15, -0.1) is 9.25 Å². The Morgan fingerprint density at radius 1 is 1.27 bits per heavy atom. The predicted molar refractivity (Wildman–Crippen MR) is 51.5 cm³/mol. The Morgan fingerprint density at radius 2 is 1.73 bits per heavy atom. The molecule has 0 radical (unpaired) electrons. The molecule has 1 N–H and O–H groups in total. The standard InChI is InChI=1S/C5H12N2O6S2/c1-13-5(8)4-7(15(3,11)12)6-14(2,9)10/h6H,4H2,1-3H3. The molecule has 0 saturated carbocycles. The van der Waals surface area contributed by atoms with Crippen LogP contribution in [0.2, 0.25) is 0 Å². The smallest absolute Gasteiger partial charge is 0.322 e. The highest BCUT2D eigenvalue weighted by atomic mass is 32.2. The van der Waals surface area contributed by atoms with Crippen LogP contribution in [0.1, 0.15) is 0 Å². The first-order valence-corrected chi connectivity index (χ1v) is 7.32.